The largest absolute Gasteiger partial charge is 0.481 e. The van der Waals surface area contributed by atoms with Crippen LogP contribution in [0, 0.1) is 10.1 Å². The lowest BCUT2D eigenvalue weighted by molar-refractivity contribution is -0.384. The van der Waals surface area contributed by atoms with Gasteiger partial charge >= 0.3 is 0 Å². The van der Waals surface area contributed by atoms with E-state index in [0.717, 1.165) is 10.8 Å². The SMILES string of the molecule is CC(=NNC(=O)C(C)Oc1ccc2ccccc2c1)c1ccc([N+](=O)[O-])cc1. The maximum absolute atomic E-state index is 12.3. The minimum Gasteiger partial charge on any atom is -0.481 e. The van der Waals surface area contributed by atoms with E-state index in [4.69, 9.17) is 4.74 Å². The minimum absolute atomic E-state index is 0.00186. The van der Waals surface area contributed by atoms with E-state index in [0.29, 0.717) is 17.0 Å². The number of carbonyl (C=O) groups is 1. The Morgan fingerprint density at radius 2 is 1.75 bits per heavy atom. The highest BCUT2D eigenvalue weighted by atomic mass is 16.6. The molecule has 0 aliphatic rings. The maximum Gasteiger partial charge on any atom is 0.280 e. The highest BCUT2D eigenvalue weighted by molar-refractivity contribution is 5.99. The molecule has 0 aliphatic carbocycles. The summed E-state index contributed by atoms with van der Waals surface area (Å²) in [5.41, 5.74) is 3.67. The van der Waals surface area contributed by atoms with E-state index in [2.05, 4.69) is 10.5 Å². The third-order valence-corrected chi connectivity index (χ3v) is 4.23. The molecule has 3 aromatic carbocycles. The summed E-state index contributed by atoms with van der Waals surface area (Å²) >= 11 is 0. The first-order valence-corrected chi connectivity index (χ1v) is 8.68. The fourth-order valence-corrected chi connectivity index (χ4v) is 2.62. The number of hydrazone groups is 1. The average Bonchev–Trinajstić information content (AvgIpc) is 2.71. The van der Waals surface area contributed by atoms with E-state index < -0.39 is 16.9 Å². The Morgan fingerprint density at radius 3 is 2.43 bits per heavy atom. The fourth-order valence-electron chi connectivity index (χ4n) is 2.62. The molecule has 142 valence electrons. The highest BCUT2D eigenvalue weighted by Gasteiger charge is 2.14. The molecule has 3 rings (SSSR count). The van der Waals surface area contributed by atoms with Crippen molar-refractivity contribution in [2.75, 3.05) is 0 Å². The van der Waals surface area contributed by atoms with Crippen molar-refractivity contribution in [3.05, 3.63) is 82.4 Å². The van der Waals surface area contributed by atoms with Crippen LogP contribution in [0.2, 0.25) is 0 Å². The molecule has 0 spiro atoms. The number of amides is 1. The molecule has 0 bridgehead atoms. The van der Waals surface area contributed by atoms with Crippen LogP contribution in [0.25, 0.3) is 10.8 Å². The number of nitrogens with one attached hydrogen (secondary N) is 1. The minimum atomic E-state index is -0.741. The van der Waals surface area contributed by atoms with Gasteiger partial charge in [0.25, 0.3) is 11.6 Å². The summed E-state index contributed by atoms with van der Waals surface area (Å²) < 4.78 is 5.71. The molecule has 0 aliphatic heterocycles. The number of carbonyl (C=O) groups excluding carboxylic acids is 1. The van der Waals surface area contributed by atoms with Crippen molar-refractivity contribution in [2.24, 2.45) is 5.10 Å². The van der Waals surface area contributed by atoms with E-state index >= 15 is 0 Å². The van der Waals surface area contributed by atoms with Crippen molar-refractivity contribution in [1.29, 1.82) is 0 Å². The van der Waals surface area contributed by atoms with E-state index in [1.54, 1.807) is 26.0 Å². The Labute approximate surface area is 161 Å². The molecule has 0 saturated carbocycles. The van der Waals surface area contributed by atoms with E-state index in [9.17, 15) is 14.9 Å². The number of ether oxygens (including phenoxy) is 1. The first kappa shape index (κ1) is 19.0. The van der Waals surface area contributed by atoms with Gasteiger partial charge in [0.2, 0.25) is 0 Å². The zero-order valence-corrected chi connectivity index (χ0v) is 15.5. The molecule has 3 aromatic rings. The van der Waals surface area contributed by atoms with E-state index in [1.165, 1.54) is 12.1 Å². The fraction of sp³-hybridized carbons (Fsp3) is 0.143. The molecule has 1 unspecified atom stereocenters. The lowest BCUT2D eigenvalue weighted by Crippen LogP contribution is -2.33. The van der Waals surface area contributed by atoms with Gasteiger partial charge in [-0.1, -0.05) is 30.3 Å². The van der Waals surface area contributed by atoms with Crippen molar-refractivity contribution >= 4 is 28.1 Å². The Hall–Kier alpha value is -3.74. The summed E-state index contributed by atoms with van der Waals surface area (Å²) in [5, 5.41) is 16.9. The second-order valence-corrected chi connectivity index (χ2v) is 6.25. The van der Waals surface area contributed by atoms with Crippen molar-refractivity contribution in [1.82, 2.24) is 5.43 Å². The van der Waals surface area contributed by atoms with Crippen LogP contribution in [0.15, 0.2) is 71.8 Å². The topological polar surface area (TPSA) is 93.8 Å². The number of nitrogens with zero attached hydrogens (tertiary/aromatic N) is 2. The number of non-ortho nitro benzene ring substituents is 1. The van der Waals surface area contributed by atoms with Gasteiger partial charge in [-0.2, -0.15) is 5.10 Å². The predicted molar refractivity (Wildman–Crippen MR) is 107 cm³/mol. The van der Waals surface area contributed by atoms with E-state index in [1.807, 2.05) is 42.5 Å². The summed E-state index contributed by atoms with van der Waals surface area (Å²) in [6, 6.07) is 19.5. The van der Waals surface area contributed by atoms with Gasteiger partial charge in [-0.05, 0) is 54.4 Å². The van der Waals surface area contributed by atoms with Crippen LogP contribution in [0.3, 0.4) is 0 Å². The molecule has 1 N–H and O–H groups in total. The third kappa shape index (κ3) is 4.50. The van der Waals surface area contributed by atoms with Crippen LogP contribution in [-0.2, 0) is 4.79 Å². The molecule has 0 saturated heterocycles. The molecule has 0 aromatic heterocycles. The van der Waals surface area contributed by atoms with Crippen molar-refractivity contribution in [3.8, 4) is 5.75 Å². The number of hydrogen-bond donors (Lipinski definition) is 1. The lowest BCUT2D eigenvalue weighted by Gasteiger charge is -2.14. The van der Waals surface area contributed by atoms with Gasteiger partial charge in [0.15, 0.2) is 6.10 Å². The van der Waals surface area contributed by atoms with Crippen LogP contribution in [0.5, 0.6) is 5.75 Å². The van der Waals surface area contributed by atoms with Crippen LogP contribution in [0.4, 0.5) is 5.69 Å². The summed E-state index contributed by atoms with van der Waals surface area (Å²) in [7, 11) is 0. The van der Waals surface area contributed by atoms with Gasteiger partial charge in [0, 0.05) is 12.1 Å². The summed E-state index contributed by atoms with van der Waals surface area (Å²) in [6.07, 6.45) is -0.741. The normalized spacial score (nSPS) is 12.4. The third-order valence-electron chi connectivity index (χ3n) is 4.23. The number of benzene rings is 3. The molecule has 7 heteroatoms. The first-order valence-electron chi connectivity index (χ1n) is 8.68. The molecule has 0 fully saturated rings. The number of fused-ring (bicyclic) bond motifs is 1. The number of rotatable bonds is 6. The van der Waals surface area contributed by atoms with Gasteiger partial charge in [-0.3, -0.25) is 14.9 Å². The molecular weight excluding hydrogens is 358 g/mol. The Bertz CT molecular complexity index is 1040. The van der Waals surface area contributed by atoms with Gasteiger partial charge in [-0.25, -0.2) is 5.43 Å². The molecule has 7 nitrogen and oxygen atoms in total. The van der Waals surface area contributed by atoms with Gasteiger partial charge < -0.3 is 4.74 Å². The monoisotopic (exact) mass is 377 g/mol. The Morgan fingerprint density at radius 1 is 1.07 bits per heavy atom. The smallest absolute Gasteiger partial charge is 0.280 e. The van der Waals surface area contributed by atoms with Crippen LogP contribution < -0.4 is 10.2 Å². The lowest BCUT2D eigenvalue weighted by atomic mass is 10.1. The predicted octanol–water partition coefficient (Wildman–Crippen LogP) is 4.06. The van der Waals surface area contributed by atoms with Crippen LogP contribution >= 0.6 is 0 Å². The zero-order chi connectivity index (χ0) is 20.1. The number of hydrogen-bond acceptors (Lipinski definition) is 5. The Balaban J connectivity index is 1.62. The van der Waals surface area contributed by atoms with E-state index in [-0.39, 0.29) is 5.69 Å². The van der Waals surface area contributed by atoms with Crippen molar-refractivity contribution < 1.29 is 14.5 Å². The number of nitro benzene ring substituents is 1. The quantitative estimate of drug-likeness (QED) is 0.398. The van der Waals surface area contributed by atoms with Crippen molar-refractivity contribution in [2.45, 2.75) is 20.0 Å². The second kappa shape index (κ2) is 8.30. The highest BCUT2D eigenvalue weighted by Crippen LogP contribution is 2.21. The molecule has 1 amide bonds. The Kier molecular flexibility index (Phi) is 5.64. The van der Waals surface area contributed by atoms with Crippen molar-refractivity contribution in [3.63, 3.8) is 0 Å². The second-order valence-electron chi connectivity index (χ2n) is 6.25. The van der Waals surface area contributed by atoms with Gasteiger partial charge in [0.05, 0.1) is 10.6 Å². The molecular formula is C21H19N3O4. The van der Waals surface area contributed by atoms with Crippen LogP contribution in [-0.4, -0.2) is 22.6 Å². The summed E-state index contributed by atoms with van der Waals surface area (Å²) in [5.74, 6) is 0.201. The first-order chi connectivity index (χ1) is 13.4. The standard InChI is InChI=1S/C21H19N3O4/c1-14(16-7-10-19(11-8-16)24(26)27)22-23-21(25)15(2)28-20-12-9-17-5-3-4-6-18(17)13-20/h3-13,15H,1-2H3,(H,23,25). The zero-order valence-electron chi connectivity index (χ0n) is 15.5. The average molecular weight is 377 g/mol. The maximum atomic E-state index is 12.3. The van der Waals surface area contributed by atoms with Gasteiger partial charge in [0.1, 0.15) is 5.75 Å². The summed E-state index contributed by atoms with van der Waals surface area (Å²) in [6.45, 7) is 3.34. The molecule has 0 radical (unpaired) electrons. The van der Waals surface area contributed by atoms with Crippen LogP contribution in [0.1, 0.15) is 19.4 Å². The van der Waals surface area contributed by atoms with Gasteiger partial charge in [-0.15, -0.1) is 0 Å². The molecule has 0 heterocycles. The number of nitro groups is 1. The molecule has 1 atom stereocenters. The molecule has 28 heavy (non-hydrogen) atoms. The summed E-state index contributed by atoms with van der Waals surface area (Å²) in [4.78, 5) is 22.5.